The van der Waals surface area contributed by atoms with Crippen LogP contribution in [0.1, 0.15) is 54.5 Å². The fourth-order valence-electron chi connectivity index (χ4n) is 4.16. The summed E-state index contributed by atoms with van der Waals surface area (Å²) in [5.41, 5.74) is 5.04. The Bertz CT molecular complexity index is 1060. The predicted molar refractivity (Wildman–Crippen MR) is 114 cm³/mol. The molecule has 2 aromatic rings. The summed E-state index contributed by atoms with van der Waals surface area (Å²) >= 11 is 0. The molecule has 0 radical (unpaired) electrons. The Labute approximate surface area is 173 Å². The number of hydrogen-bond donors (Lipinski definition) is 1. The number of anilines is 1. The smallest absolute Gasteiger partial charge is 0.241 e. The summed E-state index contributed by atoms with van der Waals surface area (Å²) < 4.78 is 29.1. The largest absolute Gasteiger partial charge is 0.312 e. The van der Waals surface area contributed by atoms with Gasteiger partial charge in [0.05, 0.1) is 4.90 Å². The Morgan fingerprint density at radius 3 is 2.59 bits per heavy atom. The molecule has 4 rings (SSSR count). The third-order valence-electron chi connectivity index (χ3n) is 5.96. The Balaban J connectivity index is 1.58. The third kappa shape index (κ3) is 3.96. The van der Waals surface area contributed by atoms with Crippen molar-refractivity contribution in [2.75, 3.05) is 11.4 Å². The molecule has 0 aromatic heterocycles. The topological polar surface area (TPSA) is 66.5 Å². The summed E-state index contributed by atoms with van der Waals surface area (Å²) in [5.74, 6) is 0.340. The van der Waals surface area contributed by atoms with E-state index in [2.05, 4.69) is 10.8 Å². The molecule has 5 nitrogen and oxygen atoms in total. The average molecular weight is 413 g/mol. The van der Waals surface area contributed by atoms with Gasteiger partial charge in [0.2, 0.25) is 15.9 Å². The molecule has 6 heteroatoms. The van der Waals surface area contributed by atoms with Crippen molar-refractivity contribution in [3.63, 3.8) is 0 Å². The molecule has 0 spiro atoms. The van der Waals surface area contributed by atoms with Gasteiger partial charge < -0.3 is 4.90 Å². The fourth-order valence-corrected chi connectivity index (χ4v) is 5.51. The van der Waals surface area contributed by atoms with E-state index >= 15 is 0 Å². The van der Waals surface area contributed by atoms with Crippen molar-refractivity contribution in [3.8, 4) is 0 Å². The van der Waals surface area contributed by atoms with Crippen molar-refractivity contribution >= 4 is 21.6 Å². The van der Waals surface area contributed by atoms with Gasteiger partial charge >= 0.3 is 0 Å². The van der Waals surface area contributed by atoms with Crippen LogP contribution in [0.5, 0.6) is 0 Å². The first-order valence-electron chi connectivity index (χ1n) is 10.3. The van der Waals surface area contributed by atoms with Crippen LogP contribution in [0.2, 0.25) is 0 Å². The number of sulfonamides is 1. The second-order valence-corrected chi connectivity index (χ2v) is 9.96. The summed E-state index contributed by atoms with van der Waals surface area (Å²) in [5, 5.41) is 0. The highest BCUT2D eigenvalue weighted by atomic mass is 32.2. The number of hydrogen-bond acceptors (Lipinski definition) is 3. The highest BCUT2D eigenvalue weighted by Crippen LogP contribution is 2.37. The molecule has 29 heavy (non-hydrogen) atoms. The Morgan fingerprint density at radius 2 is 1.93 bits per heavy atom. The number of carbonyl (C=O) groups excluding carboxylic acids is 1. The SMILES string of the molecule is CC[C@H](NS(=O)(=O)c1ccc2c(c1)CCN2C(=O)C1CC1)c1ccc(C)cc1C. The summed E-state index contributed by atoms with van der Waals surface area (Å²) in [6.07, 6.45) is 3.30. The van der Waals surface area contributed by atoms with Crippen molar-refractivity contribution in [1.29, 1.82) is 0 Å². The first-order valence-corrected chi connectivity index (χ1v) is 11.8. The van der Waals surface area contributed by atoms with E-state index in [1.54, 1.807) is 18.2 Å². The average Bonchev–Trinajstić information content (AvgIpc) is 3.45. The molecule has 1 atom stereocenters. The normalized spacial score (nSPS) is 17.3. The van der Waals surface area contributed by atoms with Gasteiger partial charge in [-0.25, -0.2) is 13.1 Å². The maximum absolute atomic E-state index is 13.1. The lowest BCUT2D eigenvalue weighted by molar-refractivity contribution is -0.119. The minimum atomic E-state index is -3.66. The number of nitrogens with zero attached hydrogens (tertiary/aromatic N) is 1. The maximum atomic E-state index is 13.1. The molecule has 0 saturated heterocycles. The van der Waals surface area contributed by atoms with Gasteiger partial charge in [-0.3, -0.25) is 4.79 Å². The number of aryl methyl sites for hydroxylation is 2. The van der Waals surface area contributed by atoms with Crippen LogP contribution >= 0.6 is 0 Å². The molecule has 2 aliphatic rings. The summed E-state index contributed by atoms with van der Waals surface area (Å²) in [7, 11) is -3.66. The van der Waals surface area contributed by atoms with E-state index in [-0.39, 0.29) is 22.8 Å². The molecule has 0 unspecified atom stereocenters. The number of carbonyl (C=O) groups is 1. The van der Waals surface area contributed by atoms with Crippen molar-refractivity contribution in [3.05, 3.63) is 58.7 Å². The van der Waals surface area contributed by atoms with Crippen LogP contribution in [-0.4, -0.2) is 20.9 Å². The zero-order chi connectivity index (χ0) is 20.8. The molecule has 1 aliphatic heterocycles. The van der Waals surface area contributed by atoms with Crippen molar-refractivity contribution < 1.29 is 13.2 Å². The minimum absolute atomic E-state index is 0.161. The zero-order valence-electron chi connectivity index (χ0n) is 17.2. The molecule has 1 amide bonds. The van der Waals surface area contributed by atoms with Gasteiger partial charge in [-0.15, -0.1) is 0 Å². The quantitative estimate of drug-likeness (QED) is 0.779. The number of fused-ring (bicyclic) bond motifs is 1. The van der Waals surface area contributed by atoms with Crippen LogP contribution in [-0.2, 0) is 21.2 Å². The lowest BCUT2D eigenvalue weighted by Gasteiger charge is -2.21. The monoisotopic (exact) mass is 412 g/mol. The van der Waals surface area contributed by atoms with E-state index in [0.717, 1.165) is 40.8 Å². The standard InChI is InChI=1S/C23H28N2O3S/c1-4-21(20-9-5-15(2)13-16(20)3)24-29(27,28)19-8-10-22-18(14-19)11-12-25(22)23(26)17-6-7-17/h5,8-10,13-14,17,21,24H,4,6-7,11-12H2,1-3H3/t21-/m0/s1. The van der Waals surface area contributed by atoms with Crippen LogP contribution < -0.4 is 9.62 Å². The molecule has 0 bridgehead atoms. The van der Waals surface area contributed by atoms with Crippen LogP contribution in [0, 0.1) is 19.8 Å². The highest BCUT2D eigenvalue weighted by Gasteiger charge is 2.36. The molecule has 1 fully saturated rings. The molecule has 1 aliphatic carbocycles. The molecule has 2 aromatic carbocycles. The van der Waals surface area contributed by atoms with Gasteiger partial charge in [0.25, 0.3) is 0 Å². The summed E-state index contributed by atoms with van der Waals surface area (Å²) in [4.78, 5) is 14.5. The van der Waals surface area contributed by atoms with E-state index in [1.807, 2.05) is 37.8 Å². The van der Waals surface area contributed by atoms with Gasteiger partial charge in [-0.1, -0.05) is 30.7 Å². The fraction of sp³-hybridized carbons (Fsp3) is 0.435. The van der Waals surface area contributed by atoms with Gasteiger partial charge in [0.1, 0.15) is 0 Å². The third-order valence-corrected chi connectivity index (χ3v) is 7.43. The Kier molecular flexibility index (Phi) is 5.25. The van der Waals surface area contributed by atoms with Crippen LogP contribution in [0.4, 0.5) is 5.69 Å². The Morgan fingerprint density at radius 1 is 1.17 bits per heavy atom. The second-order valence-electron chi connectivity index (χ2n) is 8.25. The lowest BCUT2D eigenvalue weighted by atomic mass is 9.98. The molecule has 1 heterocycles. The van der Waals surface area contributed by atoms with E-state index in [1.165, 1.54) is 0 Å². The first-order chi connectivity index (χ1) is 13.8. The maximum Gasteiger partial charge on any atom is 0.241 e. The number of benzene rings is 2. The Hall–Kier alpha value is -2.18. The van der Waals surface area contributed by atoms with E-state index in [9.17, 15) is 13.2 Å². The van der Waals surface area contributed by atoms with Crippen molar-refractivity contribution in [2.45, 2.75) is 57.4 Å². The van der Waals surface area contributed by atoms with Gasteiger partial charge in [0.15, 0.2) is 0 Å². The van der Waals surface area contributed by atoms with Crippen molar-refractivity contribution in [2.24, 2.45) is 5.92 Å². The molecule has 154 valence electrons. The minimum Gasteiger partial charge on any atom is -0.312 e. The predicted octanol–water partition coefficient (Wildman–Crippen LogP) is 4.03. The number of nitrogens with one attached hydrogen (secondary N) is 1. The molecular weight excluding hydrogens is 384 g/mol. The zero-order valence-corrected chi connectivity index (χ0v) is 18.1. The van der Waals surface area contributed by atoms with Gasteiger partial charge in [-0.05, 0) is 74.4 Å². The second kappa shape index (κ2) is 7.58. The van der Waals surface area contributed by atoms with Crippen LogP contribution in [0.3, 0.4) is 0 Å². The summed E-state index contributed by atoms with van der Waals surface area (Å²) in [6, 6.07) is 11.0. The van der Waals surface area contributed by atoms with E-state index in [4.69, 9.17) is 0 Å². The van der Waals surface area contributed by atoms with Gasteiger partial charge in [-0.2, -0.15) is 0 Å². The highest BCUT2D eigenvalue weighted by molar-refractivity contribution is 7.89. The van der Waals surface area contributed by atoms with Gasteiger partial charge in [0, 0.05) is 24.2 Å². The first kappa shape index (κ1) is 20.1. The summed E-state index contributed by atoms with van der Waals surface area (Å²) in [6.45, 7) is 6.67. The van der Waals surface area contributed by atoms with Crippen molar-refractivity contribution in [1.82, 2.24) is 4.72 Å². The number of rotatable bonds is 6. The molecule has 1 saturated carbocycles. The molecular formula is C23H28N2O3S. The lowest BCUT2D eigenvalue weighted by Crippen LogP contribution is -2.30. The number of amides is 1. The van der Waals surface area contributed by atoms with Crippen LogP contribution in [0.15, 0.2) is 41.3 Å². The molecule has 1 N–H and O–H groups in total. The van der Waals surface area contributed by atoms with Crippen LogP contribution in [0.25, 0.3) is 0 Å². The van der Waals surface area contributed by atoms with E-state index < -0.39 is 10.0 Å². The van der Waals surface area contributed by atoms with E-state index in [0.29, 0.717) is 19.4 Å².